The van der Waals surface area contributed by atoms with Crippen LogP contribution in [0.5, 0.6) is 0 Å². The monoisotopic (exact) mass is 148 g/mol. The Balaban J connectivity index is 3.68. The molecule has 9 heavy (non-hydrogen) atoms. The highest BCUT2D eigenvalue weighted by Crippen LogP contribution is 2.13. The van der Waals surface area contributed by atoms with Crippen LogP contribution in [-0.2, 0) is 6.56 Å². The molecule has 1 nitrogen and oxygen atoms in total. The average molecular weight is 149 g/mol. The predicted molar refractivity (Wildman–Crippen MR) is 37.4 cm³/mol. The van der Waals surface area contributed by atoms with Crippen LogP contribution in [0, 0.1) is 0 Å². The molecule has 48 valence electrons. The van der Waals surface area contributed by atoms with Gasteiger partial charge in [0.25, 0.3) is 0 Å². The molecule has 0 saturated carbocycles. The largest absolute Gasteiger partial charge is 0.392 e. The first kappa shape index (κ1) is 2.26. The molecule has 0 bridgehead atoms. The van der Waals surface area contributed by atoms with Gasteiger partial charge in [0, 0.05) is 5.02 Å². The van der Waals surface area contributed by atoms with Crippen LogP contribution in [0.3, 0.4) is 0 Å². The maximum atomic E-state index is 9.09. The molecular weight excluding hydrogens is 136 g/mol. The lowest BCUT2D eigenvalue weighted by molar-refractivity contribution is 0.282. The summed E-state index contributed by atoms with van der Waals surface area (Å²) in [4.78, 5) is 0. The standard InChI is InChI=1S/C7H7ClO/c8-7-4-2-1-3-6(7)5-9/h1-4,9H,5H2/i1D,2D,3D,4D,5D2. The van der Waals surface area contributed by atoms with Crippen molar-refractivity contribution >= 4 is 11.6 Å². The van der Waals surface area contributed by atoms with Gasteiger partial charge < -0.3 is 5.11 Å². The fourth-order valence-electron chi connectivity index (χ4n) is 0.374. The molecule has 0 spiro atoms. The van der Waals surface area contributed by atoms with Crippen LogP contribution in [0.25, 0.3) is 0 Å². The van der Waals surface area contributed by atoms with E-state index in [2.05, 4.69) is 0 Å². The average Bonchev–Trinajstić information content (AvgIpc) is 2.09. The van der Waals surface area contributed by atoms with Crippen LogP contribution in [0.2, 0.25) is 5.02 Å². The first-order valence-electron chi connectivity index (χ1n) is 5.16. The molecule has 2 heteroatoms. The summed E-state index contributed by atoms with van der Waals surface area (Å²) in [5.74, 6) is 0. The van der Waals surface area contributed by atoms with Gasteiger partial charge in [-0.1, -0.05) is 29.7 Å². The van der Waals surface area contributed by atoms with Gasteiger partial charge in [0.2, 0.25) is 0 Å². The topological polar surface area (TPSA) is 20.2 Å². The molecule has 0 radical (unpaired) electrons. The van der Waals surface area contributed by atoms with Gasteiger partial charge in [0.1, 0.15) is 0 Å². The molecular formula is C7H7ClO. The van der Waals surface area contributed by atoms with Crippen molar-refractivity contribution in [3.63, 3.8) is 0 Å². The number of halogens is 1. The van der Waals surface area contributed by atoms with E-state index in [-0.39, 0.29) is 0 Å². The van der Waals surface area contributed by atoms with Gasteiger partial charge in [0.15, 0.2) is 0 Å². The van der Waals surface area contributed by atoms with E-state index in [0.29, 0.717) is 0 Å². The van der Waals surface area contributed by atoms with Crippen molar-refractivity contribution in [3.05, 3.63) is 34.8 Å². The molecule has 0 atom stereocenters. The number of benzene rings is 1. The SMILES string of the molecule is [2H]c1c([2H])c([2H])c(C([2H])([2H])O)c(Cl)c1[2H]. The summed E-state index contributed by atoms with van der Waals surface area (Å²) in [6.45, 7) is -2.90. The summed E-state index contributed by atoms with van der Waals surface area (Å²) in [5.41, 5.74) is -0.643. The van der Waals surface area contributed by atoms with E-state index in [1.54, 1.807) is 0 Å². The minimum absolute atomic E-state index is 0.506. The highest BCUT2D eigenvalue weighted by molar-refractivity contribution is 6.31. The Morgan fingerprint density at radius 3 is 3.00 bits per heavy atom. The summed E-state index contributed by atoms with van der Waals surface area (Å²) < 4.78 is 43.2. The van der Waals surface area contributed by atoms with Gasteiger partial charge >= 0.3 is 0 Å². The second-order valence-corrected chi connectivity index (χ2v) is 1.68. The van der Waals surface area contributed by atoms with Crippen molar-refractivity contribution in [2.45, 2.75) is 6.56 Å². The predicted octanol–water partition coefficient (Wildman–Crippen LogP) is 1.83. The van der Waals surface area contributed by atoms with Crippen LogP contribution in [-0.4, -0.2) is 5.11 Å². The molecule has 0 fully saturated rings. The van der Waals surface area contributed by atoms with Crippen LogP contribution in [0.4, 0.5) is 0 Å². The zero-order valence-electron chi connectivity index (χ0n) is 10.3. The number of hydrogen-bond acceptors (Lipinski definition) is 1. The Morgan fingerprint density at radius 2 is 2.33 bits per heavy atom. The smallest absolute Gasteiger partial charge is 0.0696 e. The van der Waals surface area contributed by atoms with Gasteiger partial charge in [-0.3, -0.25) is 0 Å². The number of rotatable bonds is 1. The number of aliphatic hydroxyl groups is 1. The minimum Gasteiger partial charge on any atom is -0.392 e. The fraction of sp³-hybridized carbons (Fsp3) is 0.143. The van der Waals surface area contributed by atoms with Gasteiger partial charge in [0.05, 0.1) is 14.8 Å². The maximum absolute atomic E-state index is 9.09. The molecule has 0 saturated heterocycles. The van der Waals surface area contributed by atoms with E-state index in [4.69, 9.17) is 24.9 Å². The first-order chi connectivity index (χ1) is 6.68. The zero-order valence-corrected chi connectivity index (χ0v) is 5.08. The molecule has 0 aliphatic rings. The third kappa shape index (κ3) is 1.44. The van der Waals surface area contributed by atoms with E-state index in [9.17, 15) is 0 Å². The highest BCUT2D eigenvalue weighted by atomic mass is 35.5. The Morgan fingerprint density at radius 1 is 1.67 bits per heavy atom. The lowest BCUT2D eigenvalue weighted by Crippen LogP contribution is -1.81. The van der Waals surface area contributed by atoms with Crippen molar-refractivity contribution in [1.29, 1.82) is 0 Å². The zero-order chi connectivity index (χ0) is 12.0. The lowest BCUT2D eigenvalue weighted by Gasteiger charge is -1.95. The molecule has 1 rings (SSSR count). The quantitative estimate of drug-likeness (QED) is 0.645. The third-order valence-corrected chi connectivity index (χ3v) is 1.04. The fourth-order valence-corrected chi connectivity index (χ4v) is 0.511. The second kappa shape index (κ2) is 2.85. The Hall–Kier alpha value is -0.530. The van der Waals surface area contributed by atoms with Crippen LogP contribution >= 0.6 is 11.6 Å². The highest BCUT2D eigenvalue weighted by Gasteiger charge is 1.92. The summed E-state index contributed by atoms with van der Waals surface area (Å²) in [6.07, 6.45) is 0. The second-order valence-electron chi connectivity index (χ2n) is 1.30. The Kier molecular flexibility index (Phi) is 0.715. The normalized spacial score (nSPS) is 20.7. The minimum atomic E-state index is -2.90. The van der Waals surface area contributed by atoms with Crippen LogP contribution < -0.4 is 0 Å². The van der Waals surface area contributed by atoms with E-state index < -0.39 is 41.3 Å². The van der Waals surface area contributed by atoms with Gasteiger partial charge in [-0.15, -0.1) is 0 Å². The molecule has 0 heterocycles. The van der Waals surface area contributed by atoms with Crippen LogP contribution in [0.1, 0.15) is 13.8 Å². The molecule has 1 aromatic rings. The van der Waals surface area contributed by atoms with E-state index >= 15 is 0 Å². The molecule has 1 N–H and O–H groups in total. The van der Waals surface area contributed by atoms with Crippen molar-refractivity contribution in [3.8, 4) is 0 Å². The third-order valence-electron chi connectivity index (χ3n) is 0.754. The van der Waals surface area contributed by atoms with Gasteiger partial charge in [-0.2, -0.15) is 0 Å². The molecule has 0 amide bonds. The molecule has 0 unspecified atom stereocenters. The van der Waals surface area contributed by atoms with Crippen molar-refractivity contribution in [2.75, 3.05) is 0 Å². The summed E-state index contributed by atoms with van der Waals surface area (Å²) in [7, 11) is 0. The maximum Gasteiger partial charge on any atom is 0.0696 e. The molecule has 0 aliphatic heterocycles. The Labute approximate surface area is 67.3 Å². The summed E-state index contributed by atoms with van der Waals surface area (Å²) in [6, 6.07) is -2.42. The number of hydrogen-bond donors (Lipinski definition) is 1. The lowest BCUT2D eigenvalue weighted by atomic mass is 10.2. The van der Waals surface area contributed by atoms with E-state index in [1.165, 1.54) is 0 Å². The van der Waals surface area contributed by atoms with Crippen LogP contribution in [0.15, 0.2) is 24.2 Å². The van der Waals surface area contributed by atoms with Crippen molar-refractivity contribution in [2.24, 2.45) is 0 Å². The molecule has 0 aliphatic carbocycles. The first-order valence-corrected chi connectivity index (χ1v) is 2.54. The Bertz CT molecular complexity index is 384. The van der Waals surface area contributed by atoms with Crippen molar-refractivity contribution in [1.82, 2.24) is 0 Å². The van der Waals surface area contributed by atoms with Crippen molar-refractivity contribution < 1.29 is 13.3 Å². The summed E-state index contributed by atoms with van der Waals surface area (Å²) in [5, 5.41) is 8.59. The summed E-state index contributed by atoms with van der Waals surface area (Å²) >= 11 is 5.55. The molecule has 1 aromatic carbocycles. The van der Waals surface area contributed by atoms with Gasteiger partial charge in [-0.05, 0) is 11.6 Å². The van der Waals surface area contributed by atoms with E-state index in [0.717, 1.165) is 0 Å². The van der Waals surface area contributed by atoms with E-state index in [1.807, 2.05) is 0 Å². The van der Waals surface area contributed by atoms with Gasteiger partial charge in [-0.25, -0.2) is 0 Å². The molecule has 0 aromatic heterocycles.